The van der Waals surface area contributed by atoms with E-state index < -0.39 is 6.04 Å². The monoisotopic (exact) mass is 398 g/mol. The highest BCUT2D eigenvalue weighted by Crippen LogP contribution is 2.33. The van der Waals surface area contributed by atoms with Crippen LogP contribution in [0.5, 0.6) is 11.5 Å². The van der Waals surface area contributed by atoms with Crippen LogP contribution in [0.4, 0.5) is 0 Å². The van der Waals surface area contributed by atoms with E-state index in [1.54, 1.807) is 14.5 Å². The Hall–Kier alpha value is -3.03. The maximum atomic E-state index is 13.5. The molecule has 0 N–H and O–H groups in total. The molecule has 0 unspecified atom stereocenters. The van der Waals surface area contributed by atoms with E-state index in [0.29, 0.717) is 37.6 Å². The molecule has 29 heavy (non-hydrogen) atoms. The number of likely N-dealkylation sites (tertiary alicyclic amines) is 1. The van der Waals surface area contributed by atoms with Crippen LogP contribution < -0.4 is 9.47 Å². The summed E-state index contributed by atoms with van der Waals surface area (Å²) in [4.78, 5) is 29.0. The fourth-order valence-corrected chi connectivity index (χ4v) is 4.09. The lowest BCUT2D eigenvalue weighted by molar-refractivity contribution is -0.143. The van der Waals surface area contributed by atoms with Gasteiger partial charge in [0.05, 0.1) is 17.9 Å². The summed E-state index contributed by atoms with van der Waals surface area (Å²) in [6, 6.07) is 7.30. The summed E-state index contributed by atoms with van der Waals surface area (Å²) in [5, 5.41) is 4.40. The normalized spacial score (nSPS) is 17.6. The van der Waals surface area contributed by atoms with Gasteiger partial charge in [-0.2, -0.15) is 5.10 Å². The summed E-state index contributed by atoms with van der Waals surface area (Å²) in [6.45, 7) is 5.15. The molecule has 2 amide bonds. The molecule has 8 nitrogen and oxygen atoms in total. The number of benzene rings is 1. The van der Waals surface area contributed by atoms with Crippen molar-refractivity contribution in [2.75, 3.05) is 13.3 Å². The predicted octanol–water partition coefficient (Wildman–Crippen LogP) is 2.00. The fraction of sp³-hybridized carbons (Fsp3) is 0.476. The van der Waals surface area contributed by atoms with Crippen LogP contribution in [0.15, 0.2) is 24.3 Å². The molecule has 0 bridgehead atoms. The van der Waals surface area contributed by atoms with E-state index >= 15 is 0 Å². The van der Waals surface area contributed by atoms with Crippen molar-refractivity contribution in [3.8, 4) is 11.5 Å². The second kappa shape index (κ2) is 7.77. The van der Waals surface area contributed by atoms with Crippen LogP contribution in [0.25, 0.3) is 0 Å². The van der Waals surface area contributed by atoms with Gasteiger partial charge < -0.3 is 19.3 Å². The van der Waals surface area contributed by atoms with Crippen LogP contribution in [0.3, 0.4) is 0 Å². The van der Waals surface area contributed by atoms with Crippen molar-refractivity contribution < 1.29 is 19.1 Å². The highest BCUT2D eigenvalue weighted by molar-refractivity contribution is 5.87. The van der Waals surface area contributed by atoms with Gasteiger partial charge in [0.2, 0.25) is 18.6 Å². The van der Waals surface area contributed by atoms with E-state index in [9.17, 15) is 9.59 Å². The van der Waals surface area contributed by atoms with E-state index in [1.165, 1.54) is 6.92 Å². The van der Waals surface area contributed by atoms with Crippen LogP contribution in [-0.2, 0) is 29.7 Å². The number of aryl methyl sites for hydroxylation is 2. The maximum Gasteiger partial charge on any atom is 0.246 e. The van der Waals surface area contributed by atoms with Gasteiger partial charge in [-0.15, -0.1) is 0 Å². The third-order valence-electron chi connectivity index (χ3n) is 5.52. The molecule has 0 aliphatic carbocycles. The molecule has 0 saturated carbocycles. The standard InChI is InChI=1S/C21H26N4O4/c1-14-9-17(23(3)22-14)12-24(21(27)18-5-4-8-25(18)15(2)26)11-16-6-7-19-20(10-16)29-13-28-19/h6-7,9-10,18H,4-5,8,11-13H2,1-3H3/t18-/m0/s1. The second-order valence-electron chi connectivity index (χ2n) is 7.65. The lowest BCUT2D eigenvalue weighted by atomic mass is 10.1. The molecule has 8 heteroatoms. The Morgan fingerprint density at radius 1 is 1.21 bits per heavy atom. The zero-order valence-corrected chi connectivity index (χ0v) is 17.1. The summed E-state index contributed by atoms with van der Waals surface area (Å²) in [6.07, 6.45) is 1.54. The molecule has 3 heterocycles. The molecule has 0 spiro atoms. The smallest absolute Gasteiger partial charge is 0.246 e. The molecule has 0 radical (unpaired) electrons. The zero-order valence-electron chi connectivity index (χ0n) is 17.1. The van der Waals surface area contributed by atoms with Crippen LogP contribution in [0.1, 0.15) is 36.7 Å². The van der Waals surface area contributed by atoms with Crippen LogP contribution >= 0.6 is 0 Å². The van der Waals surface area contributed by atoms with E-state index in [1.807, 2.05) is 38.2 Å². The number of carbonyl (C=O) groups is 2. The number of ether oxygens (including phenoxy) is 2. The Morgan fingerprint density at radius 3 is 2.72 bits per heavy atom. The highest BCUT2D eigenvalue weighted by Gasteiger charge is 2.35. The third kappa shape index (κ3) is 3.92. The summed E-state index contributed by atoms with van der Waals surface area (Å²) in [7, 11) is 1.88. The van der Waals surface area contributed by atoms with Crippen LogP contribution in [-0.4, -0.2) is 50.8 Å². The van der Waals surface area contributed by atoms with Gasteiger partial charge in [-0.1, -0.05) is 6.07 Å². The first-order valence-electron chi connectivity index (χ1n) is 9.86. The topological polar surface area (TPSA) is 76.9 Å². The van der Waals surface area contributed by atoms with Gasteiger partial charge in [0, 0.05) is 27.1 Å². The average Bonchev–Trinajstić information content (AvgIpc) is 3.40. The van der Waals surface area contributed by atoms with Crippen molar-refractivity contribution in [3.63, 3.8) is 0 Å². The predicted molar refractivity (Wildman–Crippen MR) is 105 cm³/mol. The zero-order chi connectivity index (χ0) is 20.5. The Morgan fingerprint density at radius 2 is 2.00 bits per heavy atom. The average molecular weight is 398 g/mol. The number of amides is 2. The first kappa shape index (κ1) is 19.3. The molecule has 2 aliphatic heterocycles. The molecule has 2 aliphatic rings. The van der Waals surface area contributed by atoms with Gasteiger partial charge in [-0.3, -0.25) is 14.3 Å². The minimum absolute atomic E-state index is 0.0331. The van der Waals surface area contributed by atoms with Crippen LogP contribution in [0.2, 0.25) is 0 Å². The summed E-state index contributed by atoms with van der Waals surface area (Å²) >= 11 is 0. The maximum absolute atomic E-state index is 13.5. The third-order valence-corrected chi connectivity index (χ3v) is 5.52. The SMILES string of the molecule is CC(=O)N1CCC[C@H]1C(=O)N(Cc1ccc2c(c1)OCO2)Cc1cc(C)nn1C. The quantitative estimate of drug-likeness (QED) is 0.770. The number of hydrogen-bond acceptors (Lipinski definition) is 5. The number of rotatable bonds is 5. The lowest BCUT2D eigenvalue weighted by Gasteiger charge is -2.30. The molecular weight excluding hydrogens is 372 g/mol. The minimum atomic E-state index is -0.407. The number of carbonyl (C=O) groups excluding carboxylic acids is 2. The fourth-order valence-electron chi connectivity index (χ4n) is 4.09. The van der Waals surface area contributed by atoms with Crippen molar-refractivity contribution in [1.29, 1.82) is 0 Å². The first-order valence-corrected chi connectivity index (χ1v) is 9.86. The molecule has 1 saturated heterocycles. The summed E-state index contributed by atoms with van der Waals surface area (Å²) in [5.74, 6) is 1.32. The van der Waals surface area contributed by atoms with E-state index in [0.717, 1.165) is 23.4 Å². The van der Waals surface area contributed by atoms with Crippen LogP contribution in [0, 0.1) is 6.92 Å². The first-order chi connectivity index (χ1) is 13.9. The van der Waals surface area contributed by atoms with Crippen molar-refractivity contribution in [2.45, 2.75) is 45.8 Å². The molecule has 1 aromatic heterocycles. The number of aromatic nitrogens is 2. The Kier molecular flexibility index (Phi) is 5.17. The summed E-state index contributed by atoms with van der Waals surface area (Å²) in [5.41, 5.74) is 2.81. The van der Waals surface area contributed by atoms with Gasteiger partial charge in [-0.25, -0.2) is 0 Å². The largest absolute Gasteiger partial charge is 0.454 e. The lowest BCUT2D eigenvalue weighted by Crippen LogP contribution is -2.46. The van der Waals surface area contributed by atoms with Gasteiger partial charge in [0.25, 0.3) is 0 Å². The van der Waals surface area contributed by atoms with Gasteiger partial charge in [0.1, 0.15) is 6.04 Å². The van der Waals surface area contributed by atoms with Crippen molar-refractivity contribution in [2.24, 2.45) is 7.05 Å². The molecular formula is C21H26N4O4. The molecule has 1 fully saturated rings. The number of nitrogens with zero attached hydrogens (tertiary/aromatic N) is 4. The van der Waals surface area contributed by atoms with E-state index in [4.69, 9.17) is 9.47 Å². The van der Waals surface area contributed by atoms with Gasteiger partial charge in [0.15, 0.2) is 11.5 Å². The Bertz CT molecular complexity index is 939. The molecule has 1 atom stereocenters. The van der Waals surface area contributed by atoms with E-state index in [2.05, 4.69) is 5.10 Å². The van der Waals surface area contributed by atoms with Gasteiger partial charge in [-0.05, 0) is 43.5 Å². The highest BCUT2D eigenvalue weighted by atomic mass is 16.7. The Balaban J connectivity index is 1.60. The Labute approximate surface area is 170 Å². The van der Waals surface area contributed by atoms with E-state index in [-0.39, 0.29) is 18.6 Å². The van der Waals surface area contributed by atoms with Gasteiger partial charge >= 0.3 is 0 Å². The van der Waals surface area contributed by atoms with Crippen molar-refractivity contribution >= 4 is 11.8 Å². The molecule has 154 valence electrons. The number of hydrogen-bond donors (Lipinski definition) is 0. The van der Waals surface area contributed by atoms with Crippen molar-refractivity contribution in [1.82, 2.24) is 19.6 Å². The second-order valence-corrected chi connectivity index (χ2v) is 7.65. The van der Waals surface area contributed by atoms with Crippen molar-refractivity contribution in [3.05, 3.63) is 41.2 Å². The minimum Gasteiger partial charge on any atom is -0.454 e. The molecule has 4 rings (SSSR count). The number of fused-ring (bicyclic) bond motifs is 1. The molecule has 2 aromatic rings. The summed E-state index contributed by atoms with van der Waals surface area (Å²) < 4.78 is 12.7. The molecule has 1 aromatic carbocycles.